The van der Waals surface area contributed by atoms with E-state index in [2.05, 4.69) is 11.4 Å². The minimum absolute atomic E-state index is 0.0172. The summed E-state index contributed by atoms with van der Waals surface area (Å²) >= 11 is 0. The van der Waals surface area contributed by atoms with Crippen LogP contribution in [0.15, 0.2) is 18.2 Å². The normalized spacial score (nSPS) is 15.3. The van der Waals surface area contributed by atoms with E-state index in [4.69, 9.17) is 4.74 Å². The summed E-state index contributed by atoms with van der Waals surface area (Å²) in [7, 11) is 3.48. The lowest BCUT2D eigenvalue weighted by Gasteiger charge is -2.24. The van der Waals surface area contributed by atoms with Crippen LogP contribution < -0.4 is 10.1 Å². The first-order chi connectivity index (χ1) is 8.59. The van der Waals surface area contributed by atoms with Gasteiger partial charge in [-0.1, -0.05) is 6.07 Å². The summed E-state index contributed by atoms with van der Waals surface area (Å²) in [6.07, 6.45) is 1.65. The van der Waals surface area contributed by atoms with E-state index in [9.17, 15) is 4.79 Å². The molecule has 0 radical (unpaired) electrons. The van der Waals surface area contributed by atoms with Crippen LogP contribution in [0.1, 0.15) is 18.9 Å². The Balaban J connectivity index is 2.17. The third-order valence-corrected chi connectivity index (χ3v) is 3.14. The van der Waals surface area contributed by atoms with Crippen LogP contribution in [0.3, 0.4) is 0 Å². The number of nitrogens with zero attached hydrogens (tertiary/aromatic N) is 1. The molecule has 1 heterocycles. The lowest BCUT2D eigenvalue weighted by atomic mass is 10.0. The molecule has 1 N–H and O–H groups in total. The van der Waals surface area contributed by atoms with Gasteiger partial charge in [0.2, 0.25) is 0 Å². The van der Waals surface area contributed by atoms with Crippen LogP contribution in [0.4, 0.5) is 5.69 Å². The predicted octanol–water partition coefficient (Wildman–Crippen LogP) is 1.90. The number of nitrogens with one attached hydrogen (secondary N) is 1. The van der Waals surface area contributed by atoms with E-state index in [0.29, 0.717) is 0 Å². The zero-order valence-electron chi connectivity index (χ0n) is 11.2. The standard InChI is InChI=1S/C14H20N2O2/c1-10(14(17)16(2)3)18-13-8-4-7-12-11(13)6-5-9-15-12/h4,7-8,10,15H,5-6,9H2,1-3H3. The Kier molecular flexibility index (Phi) is 3.75. The number of benzene rings is 1. The second-order valence-corrected chi connectivity index (χ2v) is 4.81. The molecule has 1 atom stereocenters. The second kappa shape index (κ2) is 5.29. The van der Waals surface area contributed by atoms with Crippen molar-refractivity contribution < 1.29 is 9.53 Å². The molecule has 0 fully saturated rings. The first-order valence-corrected chi connectivity index (χ1v) is 6.33. The molecule has 4 heteroatoms. The quantitative estimate of drug-likeness (QED) is 0.888. The molecule has 18 heavy (non-hydrogen) atoms. The molecule has 4 nitrogen and oxygen atoms in total. The van der Waals surface area contributed by atoms with Crippen LogP contribution in [0.2, 0.25) is 0 Å². The molecule has 0 spiro atoms. The summed E-state index contributed by atoms with van der Waals surface area (Å²) in [6, 6.07) is 5.95. The van der Waals surface area contributed by atoms with Crippen molar-refractivity contribution in [2.45, 2.75) is 25.9 Å². The predicted molar refractivity (Wildman–Crippen MR) is 72.0 cm³/mol. The van der Waals surface area contributed by atoms with Crippen LogP contribution in [-0.4, -0.2) is 37.6 Å². The summed E-state index contributed by atoms with van der Waals surface area (Å²) < 4.78 is 5.80. The van der Waals surface area contributed by atoms with Crippen molar-refractivity contribution in [2.24, 2.45) is 0 Å². The van der Waals surface area contributed by atoms with Crippen molar-refractivity contribution in [2.75, 3.05) is 26.0 Å². The van der Waals surface area contributed by atoms with E-state index < -0.39 is 6.10 Å². The van der Waals surface area contributed by atoms with Gasteiger partial charge in [0.1, 0.15) is 5.75 Å². The number of anilines is 1. The summed E-state index contributed by atoms with van der Waals surface area (Å²) in [5.41, 5.74) is 2.31. The molecular weight excluding hydrogens is 228 g/mol. The van der Waals surface area contributed by atoms with Crippen LogP contribution in [-0.2, 0) is 11.2 Å². The zero-order chi connectivity index (χ0) is 13.1. The number of rotatable bonds is 3. The highest BCUT2D eigenvalue weighted by Crippen LogP contribution is 2.31. The molecule has 2 rings (SSSR count). The van der Waals surface area contributed by atoms with Crippen molar-refractivity contribution >= 4 is 11.6 Å². The van der Waals surface area contributed by atoms with Crippen molar-refractivity contribution in [3.63, 3.8) is 0 Å². The Labute approximate surface area is 108 Å². The first-order valence-electron chi connectivity index (χ1n) is 6.33. The first kappa shape index (κ1) is 12.7. The average molecular weight is 248 g/mol. The van der Waals surface area contributed by atoms with Crippen LogP contribution in [0.25, 0.3) is 0 Å². The van der Waals surface area contributed by atoms with E-state index >= 15 is 0 Å². The number of carbonyl (C=O) groups excluding carboxylic acids is 1. The van der Waals surface area contributed by atoms with E-state index in [1.807, 2.05) is 12.1 Å². The molecule has 1 aliphatic heterocycles. The molecule has 1 aromatic carbocycles. The van der Waals surface area contributed by atoms with Gasteiger partial charge in [0.15, 0.2) is 6.10 Å². The van der Waals surface area contributed by atoms with E-state index in [1.54, 1.807) is 25.9 Å². The Bertz CT molecular complexity index is 443. The summed E-state index contributed by atoms with van der Waals surface area (Å²) in [5.74, 6) is 0.804. The Morgan fingerprint density at radius 1 is 1.44 bits per heavy atom. The molecular formula is C14H20N2O2. The maximum Gasteiger partial charge on any atom is 0.262 e. The molecule has 0 saturated carbocycles. The third kappa shape index (κ3) is 2.58. The zero-order valence-corrected chi connectivity index (χ0v) is 11.2. The molecule has 1 aliphatic rings. The fraction of sp³-hybridized carbons (Fsp3) is 0.500. The van der Waals surface area contributed by atoms with Crippen molar-refractivity contribution in [3.05, 3.63) is 23.8 Å². The van der Waals surface area contributed by atoms with Gasteiger partial charge in [-0.15, -0.1) is 0 Å². The molecule has 98 valence electrons. The lowest BCUT2D eigenvalue weighted by molar-refractivity contribution is -0.135. The molecule has 0 aliphatic carbocycles. The second-order valence-electron chi connectivity index (χ2n) is 4.81. The highest BCUT2D eigenvalue weighted by molar-refractivity contribution is 5.80. The minimum Gasteiger partial charge on any atom is -0.481 e. The Morgan fingerprint density at radius 3 is 2.94 bits per heavy atom. The number of ether oxygens (including phenoxy) is 1. The van der Waals surface area contributed by atoms with Gasteiger partial charge >= 0.3 is 0 Å². The fourth-order valence-electron chi connectivity index (χ4n) is 2.19. The van der Waals surface area contributed by atoms with Crippen molar-refractivity contribution in [1.82, 2.24) is 4.90 Å². The van der Waals surface area contributed by atoms with Crippen LogP contribution in [0.5, 0.6) is 5.75 Å². The Hall–Kier alpha value is -1.71. The van der Waals surface area contributed by atoms with Gasteiger partial charge in [-0.25, -0.2) is 0 Å². The van der Waals surface area contributed by atoms with Crippen molar-refractivity contribution in [3.8, 4) is 5.75 Å². The average Bonchev–Trinajstić information content (AvgIpc) is 2.38. The maximum absolute atomic E-state index is 11.8. The van der Waals surface area contributed by atoms with Gasteiger partial charge in [0.25, 0.3) is 5.91 Å². The monoisotopic (exact) mass is 248 g/mol. The van der Waals surface area contributed by atoms with Gasteiger partial charge in [-0.05, 0) is 31.9 Å². The fourth-order valence-corrected chi connectivity index (χ4v) is 2.19. The molecule has 1 aromatic rings. The molecule has 1 amide bonds. The van der Waals surface area contributed by atoms with Gasteiger partial charge in [-0.2, -0.15) is 0 Å². The smallest absolute Gasteiger partial charge is 0.262 e. The molecule has 0 saturated heterocycles. The molecule has 1 unspecified atom stereocenters. The van der Waals surface area contributed by atoms with Gasteiger partial charge in [0.05, 0.1) is 0 Å². The van der Waals surface area contributed by atoms with Gasteiger partial charge < -0.3 is 15.0 Å². The highest BCUT2D eigenvalue weighted by atomic mass is 16.5. The number of carbonyl (C=O) groups is 1. The number of amides is 1. The maximum atomic E-state index is 11.8. The number of hydrogen-bond donors (Lipinski definition) is 1. The van der Waals surface area contributed by atoms with E-state index in [1.165, 1.54) is 5.56 Å². The minimum atomic E-state index is -0.451. The lowest BCUT2D eigenvalue weighted by Crippen LogP contribution is -2.35. The summed E-state index contributed by atoms with van der Waals surface area (Å²) in [5, 5.41) is 3.35. The summed E-state index contributed by atoms with van der Waals surface area (Å²) in [4.78, 5) is 13.4. The third-order valence-electron chi connectivity index (χ3n) is 3.14. The number of fused-ring (bicyclic) bond motifs is 1. The largest absolute Gasteiger partial charge is 0.481 e. The highest BCUT2D eigenvalue weighted by Gasteiger charge is 2.20. The SMILES string of the molecule is CC(Oc1cccc2c1CCCN2)C(=O)N(C)C. The van der Waals surface area contributed by atoms with Gasteiger partial charge in [-0.3, -0.25) is 4.79 Å². The topological polar surface area (TPSA) is 41.6 Å². The van der Waals surface area contributed by atoms with Gasteiger partial charge in [0, 0.05) is 31.9 Å². The molecule has 0 bridgehead atoms. The van der Waals surface area contributed by atoms with Crippen LogP contribution in [0, 0.1) is 0 Å². The Morgan fingerprint density at radius 2 is 2.22 bits per heavy atom. The summed E-state index contributed by atoms with van der Waals surface area (Å²) in [6.45, 7) is 2.79. The molecule has 0 aromatic heterocycles. The number of hydrogen-bond acceptors (Lipinski definition) is 3. The van der Waals surface area contributed by atoms with E-state index in [0.717, 1.165) is 30.8 Å². The van der Waals surface area contributed by atoms with E-state index in [-0.39, 0.29) is 5.91 Å². The number of likely N-dealkylation sites (N-methyl/N-ethyl adjacent to an activating group) is 1. The van der Waals surface area contributed by atoms with Crippen LogP contribution >= 0.6 is 0 Å². The van der Waals surface area contributed by atoms with Crippen molar-refractivity contribution in [1.29, 1.82) is 0 Å².